The van der Waals surface area contributed by atoms with Crippen molar-refractivity contribution in [3.05, 3.63) is 74.8 Å². The van der Waals surface area contributed by atoms with Gasteiger partial charge in [-0.1, -0.05) is 35.9 Å². The summed E-state index contributed by atoms with van der Waals surface area (Å²) >= 11 is 0. The topological polar surface area (TPSA) is 80.4 Å². The number of hydrogen-bond donors (Lipinski definition) is 1. The normalized spacial score (nSPS) is 11.9. The van der Waals surface area contributed by atoms with Gasteiger partial charge in [-0.25, -0.2) is 0 Å². The van der Waals surface area contributed by atoms with Crippen molar-refractivity contribution in [3.63, 3.8) is 0 Å². The van der Waals surface area contributed by atoms with Crippen LogP contribution in [-0.2, 0) is 11.2 Å². The molecule has 0 fully saturated rings. The van der Waals surface area contributed by atoms with E-state index in [0.29, 0.717) is 5.56 Å². The summed E-state index contributed by atoms with van der Waals surface area (Å²) in [6.07, 6.45) is 0.224. The molecule has 0 spiro atoms. The molecule has 0 aliphatic rings. The van der Waals surface area contributed by atoms with Crippen molar-refractivity contribution >= 4 is 11.7 Å². The van der Waals surface area contributed by atoms with Crippen LogP contribution in [0.1, 0.15) is 28.2 Å². The molecular formula is C17H17NO4. The van der Waals surface area contributed by atoms with Crippen LogP contribution in [0.5, 0.6) is 0 Å². The average Bonchev–Trinajstić information content (AvgIpc) is 2.47. The van der Waals surface area contributed by atoms with Crippen LogP contribution in [-0.4, -0.2) is 16.0 Å². The van der Waals surface area contributed by atoms with E-state index >= 15 is 0 Å². The van der Waals surface area contributed by atoms with Crippen LogP contribution in [0, 0.1) is 24.0 Å². The first-order valence-corrected chi connectivity index (χ1v) is 6.92. The van der Waals surface area contributed by atoms with Crippen LogP contribution in [0.3, 0.4) is 0 Å². The molecule has 0 aliphatic heterocycles. The van der Waals surface area contributed by atoms with Gasteiger partial charge in [-0.05, 0) is 37.0 Å². The van der Waals surface area contributed by atoms with Crippen LogP contribution >= 0.6 is 0 Å². The molecule has 1 atom stereocenters. The lowest BCUT2D eigenvalue weighted by atomic mass is 9.88. The maximum atomic E-state index is 11.7. The van der Waals surface area contributed by atoms with E-state index in [4.69, 9.17) is 0 Å². The number of aryl methyl sites for hydroxylation is 2. The van der Waals surface area contributed by atoms with E-state index in [1.54, 1.807) is 12.1 Å². The van der Waals surface area contributed by atoms with Crippen LogP contribution in [0.15, 0.2) is 42.5 Å². The zero-order valence-electron chi connectivity index (χ0n) is 12.4. The summed E-state index contributed by atoms with van der Waals surface area (Å²) in [5.41, 5.74) is 3.26. The van der Waals surface area contributed by atoms with E-state index in [1.165, 1.54) is 12.1 Å². The average molecular weight is 299 g/mol. The Morgan fingerprint density at radius 3 is 2.59 bits per heavy atom. The number of benzene rings is 2. The molecule has 22 heavy (non-hydrogen) atoms. The molecule has 0 aliphatic carbocycles. The molecule has 0 amide bonds. The largest absolute Gasteiger partial charge is 0.481 e. The Hall–Kier alpha value is -2.69. The molecule has 0 radical (unpaired) electrons. The number of aliphatic carboxylic acids is 1. The Kier molecular flexibility index (Phi) is 4.56. The second-order valence-corrected chi connectivity index (χ2v) is 5.38. The van der Waals surface area contributed by atoms with Crippen LogP contribution in [0.4, 0.5) is 5.69 Å². The van der Waals surface area contributed by atoms with Crippen LogP contribution in [0.25, 0.3) is 0 Å². The highest BCUT2D eigenvalue weighted by Crippen LogP contribution is 2.26. The van der Waals surface area contributed by atoms with Gasteiger partial charge >= 0.3 is 5.97 Å². The van der Waals surface area contributed by atoms with E-state index in [9.17, 15) is 20.0 Å². The lowest BCUT2D eigenvalue weighted by molar-refractivity contribution is -0.384. The van der Waals surface area contributed by atoms with Crippen molar-refractivity contribution in [1.29, 1.82) is 0 Å². The number of hydrogen-bond acceptors (Lipinski definition) is 3. The number of nitrogens with zero attached hydrogens (tertiary/aromatic N) is 1. The first-order valence-electron chi connectivity index (χ1n) is 6.92. The van der Waals surface area contributed by atoms with E-state index in [2.05, 4.69) is 0 Å². The summed E-state index contributed by atoms with van der Waals surface area (Å²) in [5.74, 6) is -1.65. The highest BCUT2D eigenvalue weighted by molar-refractivity contribution is 5.77. The minimum absolute atomic E-state index is 0.0254. The first-order chi connectivity index (χ1) is 10.4. The third kappa shape index (κ3) is 3.49. The van der Waals surface area contributed by atoms with Crippen LogP contribution < -0.4 is 0 Å². The Labute approximate surface area is 128 Å². The van der Waals surface area contributed by atoms with Gasteiger partial charge in [0.2, 0.25) is 0 Å². The fraction of sp³-hybridized carbons (Fsp3) is 0.235. The maximum absolute atomic E-state index is 11.7. The van der Waals surface area contributed by atoms with Gasteiger partial charge in [0.1, 0.15) is 0 Å². The van der Waals surface area contributed by atoms with Crippen LogP contribution in [0.2, 0.25) is 0 Å². The third-order valence-corrected chi connectivity index (χ3v) is 3.67. The van der Waals surface area contributed by atoms with E-state index in [-0.39, 0.29) is 12.1 Å². The van der Waals surface area contributed by atoms with Gasteiger partial charge in [0.15, 0.2) is 0 Å². The molecule has 0 heterocycles. The van der Waals surface area contributed by atoms with Gasteiger partial charge in [-0.15, -0.1) is 0 Å². The highest BCUT2D eigenvalue weighted by Gasteiger charge is 2.23. The van der Waals surface area contributed by atoms with Gasteiger partial charge in [0, 0.05) is 12.1 Å². The van der Waals surface area contributed by atoms with Crippen molar-refractivity contribution in [1.82, 2.24) is 0 Å². The summed E-state index contributed by atoms with van der Waals surface area (Å²) in [6.45, 7) is 3.79. The number of carboxylic acids is 1. The summed E-state index contributed by atoms with van der Waals surface area (Å²) in [7, 11) is 0. The second kappa shape index (κ2) is 6.39. The predicted molar refractivity (Wildman–Crippen MR) is 83.1 cm³/mol. The predicted octanol–water partition coefficient (Wildman–Crippen LogP) is 3.62. The minimum Gasteiger partial charge on any atom is -0.481 e. The third-order valence-electron chi connectivity index (χ3n) is 3.67. The molecule has 0 saturated heterocycles. The number of carbonyl (C=O) groups is 1. The molecule has 2 rings (SSSR count). The van der Waals surface area contributed by atoms with Gasteiger partial charge in [-0.2, -0.15) is 0 Å². The zero-order chi connectivity index (χ0) is 16.3. The Bertz CT molecular complexity index is 724. The standard InChI is InChI=1S/C17H17NO4/c1-11-6-7-12(2)15(8-11)16(17(19)20)10-13-4-3-5-14(9-13)18(21)22/h3-9,16H,10H2,1-2H3,(H,19,20). The van der Waals surface area contributed by atoms with Gasteiger partial charge in [0.05, 0.1) is 10.8 Å². The molecule has 0 aromatic heterocycles. The summed E-state index contributed by atoms with van der Waals surface area (Å²) in [6, 6.07) is 11.8. The van der Waals surface area contributed by atoms with E-state index < -0.39 is 16.8 Å². The second-order valence-electron chi connectivity index (χ2n) is 5.38. The van der Waals surface area contributed by atoms with Crippen molar-refractivity contribution < 1.29 is 14.8 Å². The lowest BCUT2D eigenvalue weighted by Crippen LogP contribution is -2.16. The smallest absolute Gasteiger partial charge is 0.311 e. The summed E-state index contributed by atoms with van der Waals surface area (Å²) < 4.78 is 0. The molecule has 2 aromatic carbocycles. The Morgan fingerprint density at radius 1 is 1.23 bits per heavy atom. The van der Waals surface area contributed by atoms with E-state index in [1.807, 2.05) is 32.0 Å². The number of nitro benzene ring substituents is 1. The fourth-order valence-electron chi connectivity index (χ4n) is 2.50. The SMILES string of the molecule is Cc1ccc(C)c(C(Cc2cccc([N+](=O)[O-])c2)C(=O)O)c1. The van der Waals surface area contributed by atoms with Gasteiger partial charge in [-0.3, -0.25) is 14.9 Å². The quantitative estimate of drug-likeness (QED) is 0.675. The molecule has 0 bridgehead atoms. The fourth-order valence-corrected chi connectivity index (χ4v) is 2.50. The first kappa shape index (κ1) is 15.7. The monoisotopic (exact) mass is 299 g/mol. The van der Waals surface area contributed by atoms with Gasteiger partial charge < -0.3 is 5.11 Å². The zero-order valence-corrected chi connectivity index (χ0v) is 12.4. The molecule has 1 N–H and O–H groups in total. The number of nitro groups is 1. The summed E-state index contributed by atoms with van der Waals surface area (Å²) in [5, 5.41) is 20.4. The Morgan fingerprint density at radius 2 is 1.95 bits per heavy atom. The Balaban J connectivity index is 2.38. The lowest BCUT2D eigenvalue weighted by Gasteiger charge is -2.16. The minimum atomic E-state index is -0.930. The van der Waals surface area contributed by atoms with Crippen molar-refractivity contribution in [3.8, 4) is 0 Å². The number of rotatable bonds is 5. The number of carboxylic acid groups (broad SMARTS) is 1. The van der Waals surface area contributed by atoms with Gasteiger partial charge in [0.25, 0.3) is 5.69 Å². The van der Waals surface area contributed by atoms with Crippen molar-refractivity contribution in [2.24, 2.45) is 0 Å². The molecule has 5 nitrogen and oxygen atoms in total. The molecule has 1 unspecified atom stereocenters. The van der Waals surface area contributed by atoms with E-state index in [0.717, 1.165) is 16.7 Å². The summed E-state index contributed by atoms with van der Waals surface area (Å²) in [4.78, 5) is 22.0. The van der Waals surface area contributed by atoms with Crippen molar-refractivity contribution in [2.45, 2.75) is 26.2 Å². The molecular weight excluding hydrogens is 282 g/mol. The molecule has 114 valence electrons. The molecule has 0 saturated carbocycles. The maximum Gasteiger partial charge on any atom is 0.311 e. The van der Waals surface area contributed by atoms with Crippen molar-refractivity contribution in [2.75, 3.05) is 0 Å². The molecule has 5 heteroatoms. The highest BCUT2D eigenvalue weighted by atomic mass is 16.6. The number of non-ortho nitro benzene ring substituents is 1. The molecule has 2 aromatic rings.